The normalized spacial score (nSPS) is 11.5. The quantitative estimate of drug-likeness (QED) is 0.0757. The highest BCUT2D eigenvalue weighted by Gasteiger charge is 2.45. The molecule has 6 aromatic carbocycles. The van der Waals surface area contributed by atoms with Crippen LogP contribution in [0.25, 0.3) is 84.8 Å². The van der Waals surface area contributed by atoms with Crippen molar-refractivity contribution >= 4 is 94.1 Å². The van der Waals surface area contributed by atoms with Crippen molar-refractivity contribution in [2.45, 2.75) is 18.5 Å². The highest BCUT2D eigenvalue weighted by atomic mass is 36.0. The van der Waals surface area contributed by atoms with E-state index >= 15 is 0 Å². The first kappa shape index (κ1) is 76.7. The van der Waals surface area contributed by atoms with Gasteiger partial charge in [-0.2, -0.15) is 54.8 Å². The molecule has 0 bridgehead atoms. The summed E-state index contributed by atoms with van der Waals surface area (Å²) in [6.07, 6.45) is -12.9. The molecule has 0 unspecified atom stereocenters. The van der Waals surface area contributed by atoms with Gasteiger partial charge in [-0.25, -0.2) is 49.4 Å². The molecule has 0 atom stereocenters. The Kier molecular flexibility index (Phi) is 23.4. The van der Waals surface area contributed by atoms with Crippen molar-refractivity contribution < 1.29 is 103 Å². The highest BCUT2D eigenvalue weighted by Crippen LogP contribution is 2.47. The molecule has 0 saturated carbocycles. The summed E-state index contributed by atoms with van der Waals surface area (Å²) >= 11 is 23.5. The molecule has 526 valence electrons. The summed E-state index contributed by atoms with van der Waals surface area (Å²) in [5, 5.41) is 29.4. The van der Waals surface area contributed by atoms with Gasteiger partial charge in [0.2, 0.25) is 9.23 Å². The zero-order valence-corrected chi connectivity index (χ0v) is 54.2. The maximum absolute atomic E-state index is 14.4. The number of benzene rings is 6. The second-order valence-corrected chi connectivity index (χ2v) is 23.6. The first-order valence-electron chi connectivity index (χ1n) is 26.5. The van der Waals surface area contributed by atoms with Gasteiger partial charge >= 0.3 is 24.5 Å². The SMILES string of the molecule is N.NC(=O)c1c(-c2c(F)cccc2Cl)noc1-c1cnn(-c2cccc(F)c2)c1C(F)(F)F.O=C(Cl)c1c(-c2c(F)cccc2Cl)noc1-c1cnn(-c2cccc(F)c2)c1C(F)(F)F.O=C(O)c1c(-c2c(F)cccc2Cl)noc1-c1cnn(-c2cccc(F)c2)c1C(F)(F)F.O=S(Cl)Cl. The smallest absolute Gasteiger partial charge is 0.434 e. The maximum Gasteiger partial charge on any atom is 0.434 e. The highest BCUT2D eigenvalue weighted by molar-refractivity contribution is 8.26. The predicted molar refractivity (Wildman–Crippen MR) is 334 cm³/mol. The van der Waals surface area contributed by atoms with Crippen LogP contribution in [0.4, 0.5) is 65.9 Å². The number of carboxylic acids is 1. The lowest BCUT2D eigenvalue weighted by Crippen LogP contribution is -2.16. The second-order valence-electron chi connectivity index (χ2n) is 19.5. The third kappa shape index (κ3) is 16.4. The molecule has 0 aliphatic rings. The number of aromatic nitrogens is 9. The predicted octanol–water partition coefficient (Wildman–Crippen LogP) is 18.8. The summed E-state index contributed by atoms with van der Waals surface area (Å²) in [6.45, 7) is 0. The monoisotopic (exact) mass is 1560 g/mol. The van der Waals surface area contributed by atoms with Crippen LogP contribution < -0.4 is 11.9 Å². The molecule has 41 heteroatoms. The van der Waals surface area contributed by atoms with Gasteiger partial charge in [-0.3, -0.25) is 9.59 Å². The zero-order valence-electron chi connectivity index (χ0n) is 48.8. The van der Waals surface area contributed by atoms with E-state index in [2.05, 4.69) is 52.1 Å². The molecule has 101 heavy (non-hydrogen) atoms. The van der Waals surface area contributed by atoms with Crippen molar-refractivity contribution in [3.63, 3.8) is 0 Å². The number of carbonyl (C=O) groups is 3. The molecule has 0 saturated heterocycles. The second kappa shape index (κ2) is 30.8. The Balaban J connectivity index is 0.000000186. The Hall–Kier alpha value is -10.0. The number of halogens is 21. The summed E-state index contributed by atoms with van der Waals surface area (Å²) in [5.41, 5.74) is -6.62. The first-order chi connectivity index (χ1) is 47.0. The Morgan fingerprint density at radius 3 is 0.980 bits per heavy atom. The van der Waals surface area contributed by atoms with E-state index in [4.69, 9.17) is 69.9 Å². The lowest BCUT2D eigenvalue weighted by Gasteiger charge is -2.12. The summed E-state index contributed by atoms with van der Waals surface area (Å²) < 4.78 is 235. The van der Waals surface area contributed by atoms with Gasteiger partial charge in [-0.15, -0.1) is 0 Å². The van der Waals surface area contributed by atoms with Gasteiger partial charge in [-0.05, 0) is 103 Å². The number of nitrogens with zero attached hydrogens (tertiary/aromatic N) is 9. The number of primary amides is 1. The summed E-state index contributed by atoms with van der Waals surface area (Å²) in [6, 6.07) is 23.5. The van der Waals surface area contributed by atoms with Gasteiger partial charge < -0.3 is 30.6 Å². The lowest BCUT2D eigenvalue weighted by atomic mass is 10.0. The minimum Gasteiger partial charge on any atom is -0.477 e. The molecule has 12 aromatic rings. The molecule has 6 aromatic heterocycles. The van der Waals surface area contributed by atoms with Gasteiger partial charge in [-0.1, -0.05) is 86.7 Å². The molecule has 0 fully saturated rings. The van der Waals surface area contributed by atoms with Gasteiger partial charge in [0, 0.05) is 21.4 Å². The Bertz CT molecular complexity index is 4600. The summed E-state index contributed by atoms with van der Waals surface area (Å²) in [5.74, 6) is -10.3. The van der Waals surface area contributed by atoms with E-state index in [0.717, 1.165) is 67.0 Å². The number of carboxylic acid groups (broad SMARTS) is 1. The van der Waals surface area contributed by atoms with E-state index in [9.17, 15) is 85.3 Å². The Morgan fingerprint density at radius 2 is 0.723 bits per heavy atom. The van der Waals surface area contributed by atoms with Crippen molar-refractivity contribution in [3.8, 4) is 84.8 Å². The van der Waals surface area contributed by atoms with E-state index < -0.39 is 170 Å². The molecule has 6 heterocycles. The van der Waals surface area contributed by atoms with Crippen molar-refractivity contribution in [3.05, 3.63) is 230 Å². The molecular weight excluding hydrogens is 1530 g/mol. The van der Waals surface area contributed by atoms with Crippen molar-refractivity contribution in [1.82, 2.24) is 51.0 Å². The van der Waals surface area contributed by atoms with Crippen LogP contribution in [0, 0.1) is 34.9 Å². The van der Waals surface area contributed by atoms with Gasteiger partial charge in [0.15, 0.2) is 34.4 Å². The lowest BCUT2D eigenvalue weighted by molar-refractivity contribution is -0.143. The average molecular weight is 1560 g/mol. The Labute approximate surface area is 583 Å². The molecule has 1 amide bonds. The van der Waals surface area contributed by atoms with E-state index in [-0.39, 0.29) is 49.4 Å². The van der Waals surface area contributed by atoms with Gasteiger partial charge in [0.25, 0.3) is 11.1 Å². The number of aromatic carboxylic acids is 1. The van der Waals surface area contributed by atoms with Gasteiger partial charge in [0.1, 0.15) is 68.7 Å². The number of alkyl halides is 9. The fourth-order valence-electron chi connectivity index (χ4n) is 9.49. The summed E-state index contributed by atoms with van der Waals surface area (Å²) in [4.78, 5) is 36.2. The topological polar surface area (TPSA) is 281 Å². The third-order valence-electron chi connectivity index (χ3n) is 13.3. The van der Waals surface area contributed by atoms with Crippen LogP contribution in [0.2, 0.25) is 15.1 Å². The van der Waals surface area contributed by atoms with Crippen LogP contribution in [0.5, 0.6) is 0 Å². The van der Waals surface area contributed by atoms with Gasteiger partial charge in [0.05, 0.1) is 84.1 Å². The fraction of sp³-hybridized carbons (Fsp3) is 0.0500. The van der Waals surface area contributed by atoms with Crippen LogP contribution in [-0.4, -0.2) is 71.2 Å². The number of amides is 1. The molecule has 0 aliphatic heterocycles. The average Bonchev–Trinajstić information content (AvgIpc) is 1.60. The van der Waals surface area contributed by atoms with Crippen LogP contribution in [0.15, 0.2) is 160 Å². The summed E-state index contributed by atoms with van der Waals surface area (Å²) in [7, 11) is 7.36. The number of nitrogens with two attached hydrogens (primary N) is 1. The molecule has 6 N–H and O–H groups in total. The minimum atomic E-state index is -5.06. The standard InChI is InChI=1S/C20H8Cl2F5N3O2.C20H10ClF5N4O2.C20H9ClF5N3O3.Cl2OS.H3N/c21-12-5-2-6-13(24)14(12)16-15(19(22)31)17(32-29-16)11-8-28-30(18(11)20(25,26)27)10-4-1-3-9(23)7-10;21-12-5-2-6-13(23)14(12)16-15(19(27)31)17(32-29-16)11-8-28-30(18(11)20(24,25)26)10-4-1-3-9(22)7-10;21-12-5-2-6-13(23)14(12)16-15(19(30)31)17(32-28-16)11-8-27-29(18(11)20(24,25)26)10-4-1-3-9(22)7-10;1-4(2)3;/h1-8H;1-8H,(H2,27,31);1-8H,(H,30,31);;1H3. The number of hydrogen-bond acceptors (Lipinski definition) is 14. The molecular formula is C60H30Cl6F15N11O8S. The first-order valence-corrected chi connectivity index (χ1v) is 30.9. The zero-order chi connectivity index (χ0) is 73.2. The van der Waals surface area contributed by atoms with E-state index in [0.29, 0.717) is 20.2 Å². The van der Waals surface area contributed by atoms with Crippen LogP contribution in [-0.2, 0) is 27.8 Å². The van der Waals surface area contributed by atoms with E-state index in [1.807, 2.05) is 0 Å². The Morgan fingerprint density at radius 1 is 0.455 bits per heavy atom. The van der Waals surface area contributed by atoms with Crippen molar-refractivity contribution in [2.75, 3.05) is 0 Å². The number of hydrogen-bond donors (Lipinski definition) is 3. The third-order valence-corrected chi connectivity index (χ3v) is 14.5. The minimum absolute atomic E-state index is 0. The van der Waals surface area contributed by atoms with E-state index in [1.165, 1.54) is 72.8 Å². The molecule has 0 spiro atoms. The van der Waals surface area contributed by atoms with Crippen LogP contribution in [0.3, 0.4) is 0 Å². The van der Waals surface area contributed by atoms with Crippen molar-refractivity contribution in [2.24, 2.45) is 5.73 Å². The molecule has 12 rings (SSSR count). The maximum atomic E-state index is 14.4. The number of rotatable bonds is 12. The van der Waals surface area contributed by atoms with Crippen LogP contribution >= 0.6 is 67.8 Å². The fourth-order valence-corrected chi connectivity index (χ4v) is 10.4. The molecule has 0 aliphatic carbocycles. The molecule has 19 nitrogen and oxygen atoms in total. The van der Waals surface area contributed by atoms with E-state index in [1.54, 1.807) is 0 Å². The van der Waals surface area contributed by atoms with Crippen LogP contribution in [0.1, 0.15) is 48.2 Å². The largest absolute Gasteiger partial charge is 0.477 e. The molecule has 0 radical (unpaired) electrons. The van der Waals surface area contributed by atoms with Crippen molar-refractivity contribution in [1.29, 1.82) is 0 Å². The number of carbonyl (C=O) groups excluding carboxylic acids is 2.